The summed E-state index contributed by atoms with van der Waals surface area (Å²) >= 11 is 0. The Kier molecular flexibility index (Phi) is 4.83. The minimum atomic E-state index is -0.858. The molecule has 0 spiro atoms. The predicted molar refractivity (Wildman–Crippen MR) is 44.6 cm³/mol. The zero-order valence-corrected chi connectivity index (χ0v) is 6.89. The highest BCUT2D eigenvalue weighted by Crippen LogP contribution is 1.95. The van der Waals surface area contributed by atoms with E-state index in [1.54, 1.807) is 6.92 Å². The van der Waals surface area contributed by atoms with Gasteiger partial charge >= 0.3 is 5.97 Å². The van der Waals surface area contributed by atoms with Crippen LogP contribution < -0.4 is 0 Å². The van der Waals surface area contributed by atoms with Gasteiger partial charge in [0.15, 0.2) is 0 Å². The van der Waals surface area contributed by atoms with Crippen LogP contribution in [0.3, 0.4) is 0 Å². The van der Waals surface area contributed by atoms with Gasteiger partial charge in [0.05, 0.1) is 17.1 Å². The summed E-state index contributed by atoms with van der Waals surface area (Å²) in [5.41, 5.74) is -0.390. The molecule has 6 heteroatoms. The average molecular weight is 183 g/mol. The first-order chi connectivity index (χ1) is 6.11. The monoisotopic (exact) mass is 183 g/mol. The fourth-order valence-corrected chi connectivity index (χ4v) is 0.495. The van der Waals surface area contributed by atoms with Gasteiger partial charge in [-0.2, -0.15) is 0 Å². The number of hydrogen-bond acceptors (Lipinski definition) is 4. The summed E-state index contributed by atoms with van der Waals surface area (Å²) in [4.78, 5) is 19.9. The Hall–Kier alpha value is -1.94. The normalized spacial score (nSPS) is 9.31. The van der Waals surface area contributed by atoms with Gasteiger partial charge in [-0.25, -0.2) is 4.79 Å². The Balaban J connectivity index is 4.46. The molecular weight excluding hydrogens is 176 g/mol. The van der Waals surface area contributed by atoms with Crippen LogP contribution in [0.4, 0.5) is 0 Å². The number of esters is 1. The van der Waals surface area contributed by atoms with Crippen LogP contribution in [0.2, 0.25) is 0 Å². The topological polar surface area (TPSA) is 91.7 Å². The van der Waals surface area contributed by atoms with E-state index in [9.17, 15) is 14.9 Å². The summed E-state index contributed by atoms with van der Waals surface area (Å²) in [5, 5.41) is 18.2. The summed E-state index contributed by atoms with van der Waals surface area (Å²) < 4.78 is 4.45. The molecule has 0 aliphatic rings. The molecule has 6 nitrogen and oxygen atoms in total. The fraction of sp³-hybridized carbons (Fsp3) is 0.286. The second-order valence-electron chi connectivity index (χ2n) is 1.85. The lowest BCUT2D eigenvalue weighted by Gasteiger charge is -1.99. The molecule has 0 saturated heterocycles. The van der Waals surface area contributed by atoms with Gasteiger partial charge < -0.3 is 10.1 Å². The SMILES string of the molecule is CCOC(=O)C(=C=[N-])C=C[N+](=O)[O-]. The van der Waals surface area contributed by atoms with E-state index in [-0.39, 0.29) is 6.61 Å². The zero-order valence-electron chi connectivity index (χ0n) is 6.89. The molecule has 0 saturated carbocycles. The van der Waals surface area contributed by atoms with Crippen molar-refractivity contribution in [2.24, 2.45) is 0 Å². The zero-order chi connectivity index (χ0) is 10.3. The lowest BCUT2D eigenvalue weighted by atomic mass is 10.3. The Bertz CT molecular complexity index is 289. The van der Waals surface area contributed by atoms with Crippen LogP contribution in [0.1, 0.15) is 6.92 Å². The molecule has 0 atom stereocenters. The Morgan fingerprint density at radius 2 is 2.38 bits per heavy atom. The summed E-state index contributed by atoms with van der Waals surface area (Å²) in [7, 11) is 0. The molecule has 0 heterocycles. The highest BCUT2D eigenvalue weighted by molar-refractivity contribution is 6.01. The van der Waals surface area contributed by atoms with Crippen LogP contribution in [0.25, 0.3) is 5.41 Å². The molecule has 0 N–H and O–H groups in total. The first kappa shape index (κ1) is 11.1. The highest BCUT2D eigenvalue weighted by Gasteiger charge is 2.05. The van der Waals surface area contributed by atoms with E-state index in [2.05, 4.69) is 4.74 Å². The van der Waals surface area contributed by atoms with Crippen LogP contribution in [0, 0.1) is 10.1 Å². The van der Waals surface area contributed by atoms with Gasteiger partial charge in [-0.15, -0.1) is 0 Å². The maximum Gasteiger partial charge on any atom is 0.344 e. The van der Waals surface area contributed by atoms with Gasteiger partial charge in [-0.3, -0.25) is 16.0 Å². The Morgan fingerprint density at radius 3 is 2.77 bits per heavy atom. The van der Waals surface area contributed by atoms with Crippen molar-refractivity contribution in [1.29, 1.82) is 0 Å². The van der Waals surface area contributed by atoms with E-state index in [0.29, 0.717) is 6.20 Å². The van der Waals surface area contributed by atoms with Crippen LogP contribution in [-0.2, 0) is 9.53 Å². The van der Waals surface area contributed by atoms with E-state index in [1.807, 2.05) is 0 Å². The fourth-order valence-electron chi connectivity index (χ4n) is 0.495. The summed E-state index contributed by atoms with van der Waals surface area (Å²) in [6.45, 7) is 1.69. The van der Waals surface area contributed by atoms with Crippen LogP contribution in [0.5, 0.6) is 0 Å². The van der Waals surface area contributed by atoms with E-state index >= 15 is 0 Å². The first-order valence-electron chi connectivity index (χ1n) is 3.37. The number of ether oxygens (including phenoxy) is 1. The van der Waals surface area contributed by atoms with Crippen molar-refractivity contribution in [1.82, 2.24) is 0 Å². The quantitative estimate of drug-likeness (QED) is 0.158. The molecule has 0 radical (unpaired) electrons. The Morgan fingerprint density at radius 1 is 1.77 bits per heavy atom. The maximum absolute atomic E-state index is 10.8. The molecule has 0 bridgehead atoms. The first-order valence-corrected chi connectivity index (χ1v) is 3.37. The lowest BCUT2D eigenvalue weighted by Crippen LogP contribution is -2.06. The predicted octanol–water partition coefficient (Wildman–Crippen LogP) is 0.505. The number of rotatable bonds is 4. The smallest absolute Gasteiger partial charge is 0.344 e. The third kappa shape index (κ3) is 4.49. The second-order valence-corrected chi connectivity index (χ2v) is 1.85. The molecule has 70 valence electrons. The van der Waals surface area contributed by atoms with Gasteiger partial charge in [-0.05, 0) is 6.92 Å². The molecular formula is C7H7N2O4-. The maximum atomic E-state index is 10.8. The van der Waals surface area contributed by atoms with Crippen molar-refractivity contribution in [3.05, 3.63) is 33.4 Å². The van der Waals surface area contributed by atoms with Gasteiger partial charge in [-0.1, -0.05) is 0 Å². The standard InChI is InChI=1S/C7H7N2O4/c1-2-13-7(10)6(5-8)3-4-9(11)12/h3-4H,2H2,1H3/q-1. The molecule has 0 unspecified atom stereocenters. The van der Waals surface area contributed by atoms with Gasteiger partial charge in [0, 0.05) is 6.08 Å². The highest BCUT2D eigenvalue weighted by atomic mass is 16.6. The van der Waals surface area contributed by atoms with Crippen molar-refractivity contribution in [3.8, 4) is 0 Å². The van der Waals surface area contributed by atoms with Crippen molar-refractivity contribution in [2.75, 3.05) is 6.61 Å². The average Bonchev–Trinajstić information content (AvgIpc) is 2.05. The number of hydrogen-bond donors (Lipinski definition) is 0. The Labute approximate surface area is 74.2 Å². The van der Waals surface area contributed by atoms with Gasteiger partial charge in [0.2, 0.25) is 6.20 Å². The summed E-state index contributed by atoms with van der Waals surface area (Å²) in [6.07, 6.45) is 1.31. The van der Waals surface area contributed by atoms with Crippen molar-refractivity contribution in [2.45, 2.75) is 6.92 Å². The molecule has 0 aromatic heterocycles. The molecule has 0 fully saturated rings. The van der Waals surface area contributed by atoms with Gasteiger partial charge in [0.25, 0.3) is 0 Å². The number of nitro groups is 1. The summed E-state index contributed by atoms with van der Waals surface area (Å²) in [5.74, 6) is 0.635. The minimum Gasteiger partial charge on any atom is -0.763 e. The second kappa shape index (κ2) is 5.68. The molecule has 0 aromatic carbocycles. The lowest BCUT2D eigenvalue weighted by molar-refractivity contribution is -0.402. The van der Waals surface area contributed by atoms with Crippen molar-refractivity contribution >= 4 is 11.8 Å². The third-order valence-electron chi connectivity index (χ3n) is 0.979. The van der Waals surface area contributed by atoms with Gasteiger partial charge in [0.1, 0.15) is 0 Å². The molecule has 13 heavy (non-hydrogen) atoms. The molecule has 0 rings (SSSR count). The molecule has 0 aliphatic heterocycles. The molecule has 0 amide bonds. The van der Waals surface area contributed by atoms with Crippen molar-refractivity contribution < 1.29 is 14.5 Å². The molecule has 0 aliphatic carbocycles. The summed E-state index contributed by atoms with van der Waals surface area (Å²) in [6, 6.07) is 0. The van der Waals surface area contributed by atoms with E-state index in [4.69, 9.17) is 5.41 Å². The van der Waals surface area contributed by atoms with E-state index in [1.165, 1.54) is 5.87 Å². The molecule has 0 aromatic rings. The van der Waals surface area contributed by atoms with E-state index < -0.39 is 16.5 Å². The third-order valence-corrected chi connectivity index (χ3v) is 0.979. The number of carbonyl (C=O) groups is 1. The van der Waals surface area contributed by atoms with Crippen molar-refractivity contribution in [3.63, 3.8) is 0 Å². The number of carbonyl (C=O) groups excluding carboxylic acids is 1. The van der Waals surface area contributed by atoms with Crippen LogP contribution >= 0.6 is 0 Å². The minimum absolute atomic E-state index is 0.121. The van der Waals surface area contributed by atoms with Crippen LogP contribution in [-0.4, -0.2) is 23.4 Å². The van der Waals surface area contributed by atoms with E-state index in [0.717, 1.165) is 6.08 Å². The largest absolute Gasteiger partial charge is 0.763 e. The number of nitrogens with zero attached hydrogens (tertiary/aromatic N) is 2. The van der Waals surface area contributed by atoms with Crippen LogP contribution in [0.15, 0.2) is 17.8 Å².